The van der Waals surface area contributed by atoms with Crippen LogP contribution in [-0.2, 0) is 17.9 Å². The van der Waals surface area contributed by atoms with Gasteiger partial charge in [-0.3, -0.25) is 4.79 Å². The molecule has 1 amide bonds. The molecular weight excluding hydrogens is 396 g/mol. The molecular formula is C17H14Cl2FN5O2. The van der Waals surface area contributed by atoms with Crippen molar-refractivity contribution in [3.05, 3.63) is 74.4 Å². The molecule has 0 fully saturated rings. The summed E-state index contributed by atoms with van der Waals surface area (Å²) in [5.41, 5.74) is -0.0646. The predicted octanol–water partition coefficient (Wildman–Crippen LogP) is 2.53. The van der Waals surface area contributed by atoms with Crippen LogP contribution >= 0.6 is 23.2 Å². The number of rotatable bonds is 5. The Balaban J connectivity index is 1.77. The molecule has 0 spiro atoms. The summed E-state index contributed by atoms with van der Waals surface area (Å²) in [6, 6.07) is 10.9. The van der Waals surface area contributed by atoms with Gasteiger partial charge in [0, 0.05) is 24.2 Å². The van der Waals surface area contributed by atoms with Crippen LogP contribution in [0.25, 0.3) is 5.69 Å². The Morgan fingerprint density at radius 1 is 1.11 bits per heavy atom. The van der Waals surface area contributed by atoms with Crippen molar-refractivity contribution in [2.24, 2.45) is 0 Å². The smallest absolute Gasteiger partial charge is 0.340 e. The minimum absolute atomic E-state index is 0.0439. The molecule has 0 atom stereocenters. The molecule has 0 aliphatic carbocycles. The van der Waals surface area contributed by atoms with Gasteiger partial charge in [-0.2, -0.15) is 9.36 Å². The van der Waals surface area contributed by atoms with Crippen LogP contribution in [0.3, 0.4) is 0 Å². The summed E-state index contributed by atoms with van der Waals surface area (Å²) in [6.45, 7) is -0.399. The van der Waals surface area contributed by atoms with Gasteiger partial charge >= 0.3 is 5.69 Å². The molecule has 2 aromatic carbocycles. The van der Waals surface area contributed by atoms with Gasteiger partial charge in [0.05, 0.1) is 10.7 Å². The molecule has 0 unspecified atom stereocenters. The molecule has 0 aliphatic rings. The van der Waals surface area contributed by atoms with Crippen molar-refractivity contribution >= 4 is 29.1 Å². The third kappa shape index (κ3) is 4.01. The highest BCUT2D eigenvalue weighted by Crippen LogP contribution is 2.20. The van der Waals surface area contributed by atoms with Crippen molar-refractivity contribution in [1.29, 1.82) is 0 Å². The number of hydrogen-bond acceptors (Lipinski definition) is 4. The van der Waals surface area contributed by atoms with E-state index in [0.29, 0.717) is 10.7 Å². The fourth-order valence-electron chi connectivity index (χ4n) is 2.41. The van der Waals surface area contributed by atoms with E-state index in [1.807, 2.05) is 0 Å². The third-order valence-electron chi connectivity index (χ3n) is 3.89. The van der Waals surface area contributed by atoms with Gasteiger partial charge in [-0.1, -0.05) is 41.4 Å². The van der Waals surface area contributed by atoms with Gasteiger partial charge in [0.25, 0.3) is 0 Å². The molecule has 3 rings (SSSR count). The molecule has 0 N–H and O–H groups in total. The number of likely N-dealkylation sites (N-methyl/N-ethyl adjacent to an activating group) is 1. The predicted molar refractivity (Wildman–Crippen MR) is 98.5 cm³/mol. The minimum atomic E-state index is -0.617. The molecule has 0 saturated heterocycles. The molecule has 10 heteroatoms. The number of benzene rings is 2. The van der Waals surface area contributed by atoms with E-state index in [9.17, 15) is 14.0 Å². The molecule has 0 aliphatic heterocycles. The van der Waals surface area contributed by atoms with Gasteiger partial charge in [0.15, 0.2) is 0 Å². The molecule has 27 heavy (non-hydrogen) atoms. The average molecular weight is 410 g/mol. The molecule has 0 saturated carbocycles. The quantitative estimate of drug-likeness (QED) is 0.648. The SMILES string of the molecule is CN(Cc1c(F)cccc1Cl)C(=O)Cn1nnn(-c2ccccc2Cl)c1=O. The summed E-state index contributed by atoms with van der Waals surface area (Å²) in [5, 5.41) is 8.00. The number of amides is 1. The maximum atomic E-state index is 13.9. The van der Waals surface area contributed by atoms with Crippen molar-refractivity contribution in [2.45, 2.75) is 13.1 Å². The first-order valence-corrected chi connectivity index (χ1v) is 8.58. The van der Waals surface area contributed by atoms with Crippen molar-refractivity contribution < 1.29 is 9.18 Å². The number of para-hydroxylation sites is 1. The Bertz CT molecular complexity index is 1030. The lowest BCUT2D eigenvalue weighted by Crippen LogP contribution is -2.34. The van der Waals surface area contributed by atoms with Crippen LogP contribution in [0.5, 0.6) is 0 Å². The fourth-order valence-corrected chi connectivity index (χ4v) is 2.84. The lowest BCUT2D eigenvalue weighted by atomic mass is 10.2. The van der Waals surface area contributed by atoms with Gasteiger partial charge in [0.1, 0.15) is 12.4 Å². The summed E-state index contributed by atoms with van der Waals surface area (Å²) in [7, 11) is 1.48. The lowest BCUT2D eigenvalue weighted by Gasteiger charge is -2.18. The maximum Gasteiger partial charge on any atom is 0.369 e. The molecule has 3 aromatic rings. The highest BCUT2D eigenvalue weighted by atomic mass is 35.5. The summed E-state index contributed by atoms with van der Waals surface area (Å²) < 4.78 is 15.8. The van der Waals surface area contributed by atoms with Crippen LogP contribution < -0.4 is 5.69 Å². The van der Waals surface area contributed by atoms with Crippen molar-refractivity contribution in [1.82, 2.24) is 24.7 Å². The summed E-state index contributed by atoms with van der Waals surface area (Å²) >= 11 is 12.0. The first-order valence-electron chi connectivity index (χ1n) is 7.83. The number of halogens is 3. The lowest BCUT2D eigenvalue weighted by molar-refractivity contribution is -0.131. The van der Waals surface area contributed by atoms with Gasteiger partial charge in [-0.25, -0.2) is 9.18 Å². The zero-order valence-corrected chi connectivity index (χ0v) is 15.7. The Kier molecular flexibility index (Phi) is 5.57. The summed E-state index contributed by atoms with van der Waals surface area (Å²) in [5.74, 6) is -0.966. The first kappa shape index (κ1) is 19.1. The zero-order chi connectivity index (χ0) is 19.6. The molecule has 0 bridgehead atoms. The van der Waals surface area contributed by atoms with Crippen LogP contribution in [0.15, 0.2) is 47.3 Å². The molecule has 1 heterocycles. The molecule has 0 radical (unpaired) electrons. The monoisotopic (exact) mass is 409 g/mol. The number of carbonyl (C=O) groups excluding carboxylic acids is 1. The number of tetrazole rings is 1. The van der Waals surface area contributed by atoms with Gasteiger partial charge in [-0.15, -0.1) is 0 Å². The van der Waals surface area contributed by atoms with E-state index in [-0.39, 0.29) is 23.7 Å². The Labute approximate surface area is 163 Å². The Hall–Kier alpha value is -2.71. The second-order valence-electron chi connectivity index (χ2n) is 5.73. The highest BCUT2D eigenvalue weighted by molar-refractivity contribution is 6.32. The van der Waals surface area contributed by atoms with E-state index in [1.165, 1.54) is 30.1 Å². The summed E-state index contributed by atoms with van der Waals surface area (Å²) in [6.07, 6.45) is 0. The zero-order valence-electron chi connectivity index (χ0n) is 14.1. The maximum absolute atomic E-state index is 13.9. The van der Waals surface area contributed by atoms with E-state index in [0.717, 1.165) is 9.36 Å². The van der Waals surface area contributed by atoms with E-state index in [4.69, 9.17) is 23.2 Å². The standard InChI is InChI=1S/C17H14Cl2FN5O2/c1-23(9-11-12(18)6-4-7-14(11)20)16(26)10-24-17(27)25(22-21-24)15-8-3-2-5-13(15)19/h2-8H,9-10H2,1H3. The topological polar surface area (TPSA) is 73.0 Å². The number of nitrogens with zero attached hydrogens (tertiary/aromatic N) is 5. The normalized spacial score (nSPS) is 10.8. The van der Waals surface area contributed by atoms with Crippen LogP contribution in [-0.4, -0.2) is 37.6 Å². The molecule has 140 valence electrons. The van der Waals surface area contributed by atoms with Gasteiger partial charge in [0.2, 0.25) is 5.91 Å². The highest BCUT2D eigenvalue weighted by Gasteiger charge is 2.18. The summed E-state index contributed by atoms with van der Waals surface area (Å²) in [4.78, 5) is 26.1. The van der Waals surface area contributed by atoms with Crippen molar-refractivity contribution in [3.8, 4) is 5.69 Å². The van der Waals surface area contributed by atoms with Crippen LogP contribution in [0.4, 0.5) is 4.39 Å². The average Bonchev–Trinajstić information content (AvgIpc) is 2.99. The first-order chi connectivity index (χ1) is 12.9. The Morgan fingerprint density at radius 3 is 2.52 bits per heavy atom. The van der Waals surface area contributed by atoms with E-state index in [2.05, 4.69) is 10.4 Å². The second-order valence-corrected chi connectivity index (χ2v) is 6.55. The van der Waals surface area contributed by atoms with E-state index < -0.39 is 17.4 Å². The number of hydrogen-bond donors (Lipinski definition) is 0. The van der Waals surface area contributed by atoms with Crippen LogP contribution in [0, 0.1) is 5.82 Å². The van der Waals surface area contributed by atoms with Crippen molar-refractivity contribution in [2.75, 3.05) is 7.05 Å². The minimum Gasteiger partial charge on any atom is -0.340 e. The fraction of sp³-hybridized carbons (Fsp3) is 0.176. The molecule has 7 nitrogen and oxygen atoms in total. The second kappa shape index (κ2) is 7.89. The van der Waals surface area contributed by atoms with E-state index >= 15 is 0 Å². The number of carbonyl (C=O) groups is 1. The van der Waals surface area contributed by atoms with Crippen molar-refractivity contribution in [3.63, 3.8) is 0 Å². The molecule has 1 aromatic heterocycles. The van der Waals surface area contributed by atoms with E-state index in [1.54, 1.807) is 24.3 Å². The van der Waals surface area contributed by atoms with Crippen LogP contribution in [0.2, 0.25) is 10.0 Å². The largest absolute Gasteiger partial charge is 0.369 e. The Morgan fingerprint density at radius 2 is 1.81 bits per heavy atom. The van der Waals surface area contributed by atoms with Crippen LogP contribution in [0.1, 0.15) is 5.56 Å². The van der Waals surface area contributed by atoms with Gasteiger partial charge < -0.3 is 4.90 Å². The number of aromatic nitrogens is 4. The third-order valence-corrected chi connectivity index (χ3v) is 4.56. The van der Waals surface area contributed by atoms with Gasteiger partial charge in [-0.05, 0) is 34.7 Å².